The van der Waals surface area contributed by atoms with Crippen molar-refractivity contribution in [3.8, 4) is 11.1 Å². The summed E-state index contributed by atoms with van der Waals surface area (Å²) >= 11 is 0. The highest BCUT2D eigenvalue weighted by molar-refractivity contribution is 6.10. The molecule has 0 atom stereocenters. The number of alkyl halides is 3. The first-order valence-electron chi connectivity index (χ1n) is 12.6. The van der Waals surface area contributed by atoms with Gasteiger partial charge >= 0.3 is 6.18 Å². The van der Waals surface area contributed by atoms with Crippen molar-refractivity contribution in [3.05, 3.63) is 107 Å². The van der Waals surface area contributed by atoms with Crippen LogP contribution in [0.5, 0.6) is 0 Å². The van der Waals surface area contributed by atoms with E-state index in [1.807, 2.05) is 55.6 Å². The van der Waals surface area contributed by atoms with Gasteiger partial charge in [0.25, 0.3) is 5.91 Å². The van der Waals surface area contributed by atoms with Crippen molar-refractivity contribution in [2.45, 2.75) is 19.6 Å². The fraction of sp³-hybridized carbons (Fsp3) is 0.233. The average Bonchev–Trinajstić information content (AvgIpc) is 3.42. The predicted molar refractivity (Wildman–Crippen MR) is 144 cm³/mol. The first-order chi connectivity index (χ1) is 18.3. The number of aromatic nitrogens is 1. The molecule has 196 valence electrons. The molecule has 1 aliphatic heterocycles. The number of carbonyl (C=O) groups excluding carboxylic acids is 1. The summed E-state index contributed by atoms with van der Waals surface area (Å²) in [5, 5.41) is 3.06. The van der Waals surface area contributed by atoms with Crippen LogP contribution in [0.1, 0.15) is 27.2 Å². The Morgan fingerprint density at radius 1 is 0.921 bits per heavy atom. The molecule has 2 N–H and O–H groups in total. The second-order valence-electron chi connectivity index (χ2n) is 9.55. The van der Waals surface area contributed by atoms with Crippen LogP contribution in [0.25, 0.3) is 11.1 Å². The Morgan fingerprint density at radius 2 is 1.66 bits per heavy atom. The van der Waals surface area contributed by atoms with Crippen molar-refractivity contribution >= 4 is 17.3 Å². The van der Waals surface area contributed by atoms with Crippen LogP contribution in [0.3, 0.4) is 0 Å². The van der Waals surface area contributed by atoms with Gasteiger partial charge in [0.05, 0.1) is 16.9 Å². The van der Waals surface area contributed by atoms with Crippen molar-refractivity contribution in [1.29, 1.82) is 0 Å². The smallest absolute Gasteiger partial charge is 0.367 e. The monoisotopic (exact) mass is 518 g/mol. The molecule has 3 aromatic carbocycles. The summed E-state index contributed by atoms with van der Waals surface area (Å²) in [4.78, 5) is 21.4. The molecule has 2 heterocycles. The Balaban J connectivity index is 1.34. The second kappa shape index (κ2) is 10.8. The molecule has 0 unspecified atom stereocenters. The third kappa shape index (κ3) is 5.75. The van der Waals surface area contributed by atoms with Gasteiger partial charge in [0.15, 0.2) is 0 Å². The van der Waals surface area contributed by atoms with Gasteiger partial charge in [0.2, 0.25) is 0 Å². The van der Waals surface area contributed by atoms with Gasteiger partial charge in [-0.2, -0.15) is 13.2 Å². The summed E-state index contributed by atoms with van der Waals surface area (Å²) in [6.07, 6.45) is -2.48. The van der Waals surface area contributed by atoms with Crippen LogP contribution in [-0.4, -0.2) is 42.0 Å². The quantitative estimate of drug-likeness (QED) is 0.303. The van der Waals surface area contributed by atoms with E-state index in [0.717, 1.165) is 56.1 Å². The molecule has 1 fully saturated rings. The van der Waals surface area contributed by atoms with E-state index >= 15 is 0 Å². The van der Waals surface area contributed by atoms with E-state index in [4.69, 9.17) is 0 Å². The Kier molecular flexibility index (Phi) is 7.24. The van der Waals surface area contributed by atoms with E-state index < -0.39 is 11.7 Å². The summed E-state index contributed by atoms with van der Waals surface area (Å²) < 4.78 is 39.2. The number of carbonyl (C=O) groups is 1. The number of para-hydroxylation sites is 2. The van der Waals surface area contributed by atoms with Crippen molar-refractivity contribution in [1.82, 2.24) is 9.88 Å². The number of aromatic amines is 1. The first-order valence-corrected chi connectivity index (χ1v) is 12.6. The standard InChI is InChI=1S/C30H29F3N4O/c1-21-8-13-25(26(19-21)22-9-11-23(12-10-22)30(31,32)33)29(38)35-27-6-2-3-7-28(27)37-17-15-36(16-18-37)20-24-5-4-14-34-24/h2-14,19,34H,15-18,20H2,1H3,(H,35,38). The van der Waals surface area contributed by atoms with Gasteiger partial charge in [-0.3, -0.25) is 9.69 Å². The van der Waals surface area contributed by atoms with Crippen molar-refractivity contribution in [2.24, 2.45) is 0 Å². The molecular weight excluding hydrogens is 489 g/mol. The van der Waals surface area contributed by atoms with Gasteiger partial charge in [0.1, 0.15) is 0 Å². The molecule has 1 aliphatic rings. The van der Waals surface area contributed by atoms with Crippen LogP contribution in [-0.2, 0) is 12.7 Å². The number of nitrogens with one attached hydrogen (secondary N) is 2. The molecule has 0 spiro atoms. The number of piperazine rings is 1. The lowest BCUT2D eigenvalue weighted by atomic mass is 9.96. The number of amides is 1. The maximum atomic E-state index is 13.5. The molecule has 5 nitrogen and oxygen atoms in total. The fourth-order valence-electron chi connectivity index (χ4n) is 4.83. The molecule has 1 saturated heterocycles. The van der Waals surface area contributed by atoms with E-state index in [0.29, 0.717) is 22.4 Å². The van der Waals surface area contributed by atoms with Gasteiger partial charge in [-0.1, -0.05) is 42.0 Å². The third-order valence-corrected chi connectivity index (χ3v) is 6.86. The first kappa shape index (κ1) is 25.6. The molecule has 0 saturated carbocycles. The van der Waals surface area contributed by atoms with Crippen LogP contribution < -0.4 is 10.2 Å². The highest BCUT2D eigenvalue weighted by atomic mass is 19.4. The van der Waals surface area contributed by atoms with E-state index in [1.165, 1.54) is 17.8 Å². The van der Waals surface area contributed by atoms with Gasteiger partial charge in [-0.15, -0.1) is 0 Å². The third-order valence-electron chi connectivity index (χ3n) is 6.86. The lowest BCUT2D eigenvalue weighted by molar-refractivity contribution is -0.137. The number of hydrogen-bond donors (Lipinski definition) is 2. The van der Waals surface area contributed by atoms with Crippen LogP contribution in [0, 0.1) is 6.92 Å². The summed E-state index contributed by atoms with van der Waals surface area (Å²) in [5.41, 5.74) is 4.58. The molecule has 1 aromatic heterocycles. The summed E-state index contributed by atoms with van der Waals surface area (Å²) in [5.74, 6) is -0.308. The topological polar surface area (TPSA) is 51.4 Å². The highest BCUT2D eigenvalue weighted by Crippen LogP contribution is 2.33. The van der Waals surface area contributed by atoms with Crippen molar-refractivity contribution < 1.29 is 18.0 Å². The maximum Gasteiger partial charge on any atom is 0.416 e. The Labute approximate surface area is 219 Å². The van der Waals surface area contributed by atoms with Crippen molar-refractivity contribution in [3.63, 3.8) is 0 Å². The number of halogens is 3. The van der Waals surface area contributed by atoms with E-state index in [1.54, 1.807) is 6.07 Å². The Hall–Kier alpha value is -4.04. The molecule has 5 rings (SSSR count). The van der Waals surface area contributed by atoms with Crippen molar-refractivity contribution in [2.75, 3.05) is 36.4 Å². The van der Waals surface area contributed by atoms with Crippen LogP contribution >= 0.6 is 0 Å². The SMILES string of the molecule is Cc1ccc(C(=O)Nc2ccccc2N2CCN(Cc3ccc[nH]3)CC2)c(-c2ccc(C(F)(F)F)cc2)c1. The molecule has 0 bridgehead atoms. The second-order valence-corrected chi connectivity index (χ2v) is 9.55. The summed E-state index contributed by atoms with van der Waals surface area (Å²) in [7, 11) is 0. The normalized spacial score (nSPS) is 14.5. The molecule has 8 heteroatoms. The largest absolute Gasteiger partial charge is 0.416 e. The number of H-pyrrole nitrogens is 1. The zero-order valence-corrected chi connectivity index (χ0v) is 21.1. The van der Waals surface area contributed by atoms with Crippen LogP contribution in [0.2, 0.25) is 0 Å². The molecule has 1 amide bonds. The van der Waals surface area contributed by atoms with Crippen LogP contribution in [0.15, 0.2) is 85.1 Å². The number of anilines is 2. The average molecular weight is 519 g/mol. The number of nitrogens with zero attached hydrogens (tertiary/aromatic N) is 2. The zero-order valence-electron chi connectivity index (χ0n) is 21.1. The van der Waals surface area contributed by atoms with E-state index in [9.17, 15) is 18.0 Å². The molecule has 4 aromatic rings. The lowest BCUT2D eigenvalue weighted by Crippen LogP contribution is -2.46. The molecule has 38 heavy (non-hydrogen) atoms. The highest BCUT2D eigenvalue weighted by Gasteiger charge is 2.30. The molecule has 0 aliphatic carbocycles. The van der Waals surface area contributed by atoms with Gasteiger partial charge in [0, 0.05) is 50.2 Å². The van der Waals surface area contributed by atoms with Gasteiger partial charge in [-0.05, 0) is 60.5 Å². The number of aryl methyl sites for hydroxylation is 1. The van der Waals surface area contributed by atoms with E-state index in [2.05, 4.69) is 26.2 Å². The van der Waals surface area contributed by atoms with Gasteiger partial charge < -0.3 is 15.2 Å². The minimum Gasteiger partial charge on any atom is -0.367 e. The minimum absolute atomic E-state index is 0.308. The van der Waals surface area contributed by atoms with Crippen LogP contribution in [0.4, 0.5) is 24.5 Å². The van der Waals surface area contributed by atoms with Gasteiger partial charge in [-0.25, -0.2) is 0 Å². The zero-order chi connectivity index (χ0) is 26.7. The number of benzene rings is 3. The number of rotatable bonds is 6. The summed E-state index contributed by atoms with van der Waals surface area (Å²) in [6.45, 7) is 6.22. The molecular formula is C30H29F3N4O. The maximum absolute atomic E-state index is 13.5. The fourth-order valence-corrected chi connectivity index (χ4v) is 4.83. The lowest BCUT2D eigenvalue weighted by Gasteiger charge is -2.36. The Bertz CT molecular complexity index is 1390. The Morgan fingerprint density at radius 3 is 2.34 bits per heavy atom. The number of hydrogen-bond acceptors (Lipinski definition) is 3. The molecule has 0 radical (unpaired) electrons. The minimum atomic E-state index is -4.41. The summed E-state index contributed by atoms with van der Waals surface area (Å²) in [6, 6.07) is 22.1. The predicted octanol–water partition coefficient (Wildman–Crippen LogP) is 6.58. The van der Waals surface area contributed by atoms with E-state index in [-0.39, 0.29) is 5.91 Å².